The molecule has 2 unspecified atom stereocenters. The fourth-order valence-corrected chi connectivity index (χ4v) is 4.05. The van der Waals surface area contributed by atoms with Gasteiger partial charge in [-0.15, -0.1) is 0 Å². The van der Waals surface area contributed by atoms with E-state index < -0.39 is 0 Å². The van der Waals surface area contributed by atoms with Crippen LogP contribution in [0.4, 0.5) is 0 Å². The van der Waals surface area contributed by atoms with Crippen LogP contribution in [-0.4, -0.2) is 26.6 Å². The molecule has 5 nitrogen and oxygen atoms in total. The van der Waals surface area contributed by atoms with E-state index in [1.165, 1.54) is 6.42 Å². The van der Waals surface area contributed by atoms with Gasteiger partial charge in [0.05, 0.1) is 17.2 Å². The monoisotopic (exact) mass is 343 g/mol. The Kier molecular flexibility index (Phi) is 5.40. The molecule has 2 aromatic heterocycles. The molecule has 1 fully saturated rings. The van der Waals surface area contributed by atoms with Crippen LogP contribution in [0.15, 0.2) is 18.5 Å². The summed E-state index contributed by atoms with van der Waals surface area (Å²) in [5.74, 6) is 2.36. The maximum Gasteiger partial charge on any atom is 0.326 e. The van der Waals surface area contributed by atoms with Crippen LogP contribution >= 0.6 is 0 Å². The molecule has 1 aliphatic rings. The summed E-state index contributed by atoms with van der Waals surface area (Å²) in [5, 5.41) is 0. The topological polar surface area (TPSA) is 57.0 Å². The quantitative estimate of drug-likeness (QED) is 0.770. The highest BCUT2D eigenvalue weighted by molar-refractivity contribution is 5.78. The third kappa shape index (κ3) is 3.86. The summed E-state index contributed by atoms with van der Waals surface area (Å²) >= 11 is 0. The van der Waals surface area contributed by atoms with Crippen LogP contribution in [-0.2, 0) is 22.5 Å². The van der Waals surface area contributed by atoms with Crippen LogP contribution in [0.2, 0.25) is 0 Å². The first-order valence-electron chi connectivity index (χ1n) is 9.48. The van der Waals surface area contributed by atoms with E-state index in [-0.39, 0.29) is 18.6 Å². The van der Waals surface area contributed by atoms with Gasteiger partial charge in [-0.25, -0.2) is 4.98 Å². The van der Waals surface area contributed by atoms with E-state index >= 15 is 0 Å². The van der Waals surface area contributed by atoms with Gasteiger partial charge in [-0.3, -0.25) is 9.78 Å². The number of nitrogens with zero attached hydrogens (tertiary/aromatic N) is 3. The Morgan fingerprint density at radius 1 is 1.40 bits per heavy atom. The van der Waals surface area contributed by atoms with E-state index in [2.05, 4.69) is 30.7 Å². The van der Waals surface area contributed by atoms with Crippen molar-refractivity contribution in [1.82, 2.24) is 14.5 Å². The zero-order chi connectivity index (χ0) is 18.0. The number of ether oxygens (including phenoxy) is 1. The maximum atomic E-state index is 12.7. The first-order valence-corrected chi connectivity index (χ1v) is 9.48. The minimum absolute atomic E-state index is 0.0363. The number of aryl methyl sites for hydroxylation is 1. The summed E-state index contributed by atoms with van der Waals surface area (Å²) in [4.78, 5) is 21.5. The van der Waals surface area contributed by atoms with Crippen molar-refractivity contribution in [2.75, 3.05) is 0 Å². The van der Waals surface area contributed by atoms with Crippen molar-refractivity contribution >= 4 is 17.0 Å². The van der Waals surface area contributed by atoms with Gasteiger partial charge >= 0.3 is 5.97 Å². The Morgan fingerprint density at radius 2 is 2.20 bits per heavy atom. The Hall–Kier alpha value is -1.91. The highest BCUT2D eigenvalue weighted by Crippen LogP contribution is 2.35. The van der Waals surface area contributed by atoms with Crippen LogP contribution in [0.1, 0.15) is 52.8 Å². The third-order valence-corrected chi connectivity index (χ3v) is 5.48. The molecule has 0 saturated heterocycles. The standard InChI is InChI=1S/C20H29N3O2/c1-5-19-22-16-8-9-21-11-17(16)23(19)12-20(24)25-18-10-14(4)6-7-15(18)13(2)3/h8-9,11,13-15,18H,5-7,10,12H2,1-4H3/t14?,15-,18?/m0/s1. The second-order valence-corrected chi connectivity index (χ2v) is 7.69. The number of rotatable bonds is 5. The average Bonchev–Trinajstić information content (AvgIpc) is 2.92. The number of hydrogen-bond donors (Lipinski definition) is 0. The highest BCUT2D eigenvalue weighted by Gasteiger charge is 2.33. The number of imidazole rings is 1. The van der Waals surface area contributed by atoms with Gasteiger partial charge in [0.25, 0.3) is 0 Å². The number of hydrogen-bond acceptors (Lipinski definition) is 4. The number of esters is 1. The van der Waals surface area contributed by atoms with Crippen molar-refractivity contribution in [3.63, 3.8) is 0 Å². The number of fused-ring (bicyclic) bond motifs is 1. The second kappa shape index (κ2) is 7.54. The molecule has 1 saturated carbocycles. The lowest BCUT2D eigenvalue weighted by Crippen LogP contribution is -2.36. The number of carbonyl (C=O) groups is 1. The Morgan fingerprint density at radius 3 is 2.92 bits per heavy atom. The lowest BCUT2D eigenvalue weighted by atomic mass is 9.75. The predicted octanol–water partition coefficient (Wildman–Crippen LogP) is 4.00. The highest BCUT2D eigenvalue weighted by atomic mass is 16.5. The van der Waals surface area contributed by atoms with Gasteiger partial charge in [0.1, 0.15) is 18.5 Å². The van der Waals surface area contributed by atoms with Crippen molar-refractivity contribution in [1.29, 1.82) is 0 Å². The lowest BCUT2D eigenvalue weighted by Gasteiger charge is -2.36. The zero-order valence-electron chi connectivity index (χ0n) is 15.7. The Bertz CT molecular complexity index is 738. The Labute approximate surface area is 149 Å². The summed E-state index contributed by atoms with van der Waals surface area (Å²) in [6.45, 7) is 8.97. The first kappa shape index (κ1) is 17.9. The van der Waals surface area contributed by atoms with Gasteiger partial charge in [0.15, 0.2) is 0 Å². The van der Waals surface area contributed by atoms with E-state index in [1.54, 1.807) is 12.4 Å². The minimum atomic E-state index is -0.164. The lowest BCUT2D eigenvalue weighted by molar-refractivity contribution is -0.156. The van der Waals surface area contributed by atoms with Crippen molar-refractivity contribution in [2.24, 2.45) is 17.8 Å². The largest absolute Gasteiger partial charge is 0.461 e. The maximum absolute atomic E-state index is 12.7. The van der Waals surface area contributed by atoms with Gasteiger partial charge in [-0.1, -0.05) is 34.1 Å². The number of carbonyl (C=O) groups excluding carboxylic acids is 1. The molecule has 2 heterocycles. The smallest absolute Gasteiger partial charge is 0.326 e. The van der Waals surface area contributed by atoms with E-state index in [4.69, 9.17) is 4.74 Å². The molecule has 0 spiro atoms. The SMILES string of the molecule is CCc1nc2ccncc2n1CC(=O)OC1CC(C)CC[C@H]1C(C)C. The molecule has 0 radical (unpaired) electrons. The Balaban J connectivity index is 1.76. The molecular weight excluding hydrogens is 314 g/mol. The third-order valence-electron chi connectivity index (χ3n) is 5.48. The van der Waals surface area contributed by atoms with E-state index in [0.717, 1.165) is 36.1 Å². The molecule has 136 valence electrons. The van der Waals surface area contributed by atoms with Crippen LogP contribution in [0.25, 0.3) is 11.0 Å². The van der Waals surface area contributed by atoms with Crippen LogP contribution < -0.4 is 0 Å². The molecule has 0 N–H and O–H groups in total. The summed E-state index contributed by atoms with van der Waals surface area (Å²) in [6, 6.07) is 1.88. The van der Waals surface area contributed by atoms with Gasteiger partial charge in [0.2, 0.25) is 0 Å². The van der Waals surface area contributed by atoms with E-state index in [9.17, 15) is 4.79 Å². The predicted molar refractivity (Wildman–Crippen MR) is 98.1 cm³/mol. The van der Waals surface area contributed by atoms with E-state index in [0.29, 0.717) is 17.8 Å². The fraction of sp³-hybridized carbons (Fsp3) is 0.650. The second-order valence-electron chi connectivity index (χ2n) is 7.69. The minimum Gasteiger partial charge on any atom is -0.461 e. The molecule has 25 heavy (non-hydrogen) atoms. The fourth-order valence-electron chi connectivity index (χ4n) is 4.05. The summed E-state index contributed by atoms with van der Waals surface area (Å²) in [7, 11) is 0. The molecule has 3 rings (SSSR count). The van der Waals surface area contributed by atoms with Crippen LogP contribution in [0, 0.1) is 17.8 Å². The molecule has 1 aliphatic carbocycles. The van der Waals surface area contributed by atoms with Crippen molar-refractivity contribution in [3.05, 3.63) is 24.3 Å². The molecule has 5 heteroatoms. The van der Waals surface area contributed by atoms with Crippen molar-refractivity contribution in [3.8, 4) is 0 Å². The number of pyridine rings is 1. The average molecular weight is 343 g/mol. The molecule has 2 aromatic rings. The summed E-state index contributed by atoms with van der Waals surface area (Å²) in [6.07, 6.45) is 7.67. The van der Waals surface area contributed by atoms with Crippen LogP contribution in [0.5, 0.6) is 0 Å². The normalized spacial score (nSPS) is 24.0. The van der Waals surface area contributed by atoms with Gasteiger partial charge in [-0.2, -0.15) is 0 Å². The van der Waals surface area contributed by atoms with Gasteiger partial charge in [0, 0.05) is 12.6 Å². The summed E-state index contributed by atoms with van der Waals surface area (Å²) in [5.41, 5.74) is 1.78. The number of aromatic nitrogens is 3. The van der Waals surface area contributed by atoms with Gasteiger partial charge < -0.3 is 9.30 Å². The van der Waals surface area contributed by atoms with Crippen LogP contribution in [0.3, 0.4) is 0 Å². The zero-order valence-corrected chi connectivity index (χ0v) is 15.7. The van der Waals surface area contributed by atoms with Crippen molar-refractivity contribution < 1.29 is 9.53 Å². The first-order chi connectivity index (χ1) is 12.0. The molecule has 3 atom stereocenters. The summed E-state index contributed by atoms with van der Waals surface area (Å²) < 4.78 is 7.90. The molecular formula is C20H29N3O2. The molecule has 0 aromatic carbocycles. The molecule has 0 amide bonds. The van der Waals surface area contributed by atoms with Crippen molar-refractivity contribution in [2.45, 2.75) is 66.0 Å². The molecule has 0 aliphatic heterocycles. The van der Waals surface area contributed by atoms with E-state index in [1.807, 2.05) is 17.6 Å². The van der Waals surface area contributed by atoms with Gasteiger partial charge in [-0.05, 0) is 36.7 Å². The molecule has 0 bridgehead atoms.